The molecule has 7 N–H and O–H groups in total. The van der Waals surface area contributed by atoms with Crippen LogP contribution in [0, 0.1) is 0 Å². The van der Waals surface area contributed by atoms with Crippen molar-refractivity contribution in [3.8, 4) is 0 Å². The van der Waals surface area contributed by atoms with Gasteiger partial charge in [-0.3, -0.25) is 9.59 Å². The maximum Gasteiger partial charge on any atom is 0.326 e. The minimum absolute atomic E-state index is 0.0402. The Kier molecular flexibility index (Phi) is 7.99. The predicted octanol–water partition coefficient (Wildman–Crippen LogP) is -2.02. The molecule has 0 aliphatic rings. The van der Waals surface area contributed by atoms with Gasteiger partial charge >= 0.3 is 5.97 Å². The van der Waals surface area contributed by atoms with Gasteiger partial charge in [0.05, 0.1) is 12.7 Å². The van der Waals surface area contributed by atoms with Crippen molar-refractivity contribution in [3.63, 3.8) is 0 Å². The van der Waals surface area contributed by atoms with Gasteiger partial charge in [-0.05, 0) is 12.5 Å². The molecule has 0 saturated carbocycles. The molecule has 138 valence electrons. The number of aliphatic hydroxyl groups is 2. The van der Waals surface area contributed by atoms with E-state index in [1.54, 1.807) is 30.3 Å². The summed E-state index contributed by atoms with van der Waals surface area (Å²) < 4.78 is 0. The SMILES string of the molecule is CC(O)C(NC(=O)C(N)CO)C(=O)NC(Cc1ccccc1)C(=O)O. The van der Waals surface area contributed by atoms with Crippen molar-refractivity contribution in [1.29, 1.82) is 0 Å². The number of aliphatic hydroxyl groups excluding tert-OH is 2. The van der Waals surface area contributed by atoms with Crippen molar-refractivity contribution in [2.75, 3.05) is 6.61 Å². The molecule has 9 heteroatoms. The second-order valence-corrected chi connectivity index (χ2v) is 5.61. The Bertz CT molecular complexity index is 593. The van der Waals surface area contributed by atoms with Crippen molar-refractivity contribution >= 4 is 17.8 Å². The Morgan fingerprint density at radius 2 is 1.72 bits per heavy atom. The molecule has 25 heavy (non-hydrogen) atoms. The summed E-state index contributed by atoms with van der Waals surface area (Å²) in [5.74, 6) is -2.95. The summed E-state index contributed by atoms with van der Waals surface area (Å²) >= 11 is 0. The molecule has 0 saturated heterocycles. The largest absolute Gasteiger partial charge is 0.480 e. The van der Waals surface area contributed by atoms with Crippen molar-refractivity contribution in [1.82, 2.24) is 10.6 Å². The maximum absolute atomic E-state index is 12.3. The lowest BCUT2D eigenvalue weighted by atomic mass is 10.0. The molecule has 1 aromatic rings. The molecule has 4 atom stereocenters. The fourth-order valence-corrected chi connectivity index (χ4v) is 2.06. The van der Waals surface area contributed by atoms with E-state index in [0.29, 0.717) is 5.56 Å². The molecular formula is C16H23N3O6. The van der Waals surface area contributed by atoms with E-state index in [1.807, 2.05) is 0 Å². The van der Waals surface area contributed by atoms with E-state index in [0.717, 1.165) is 0 Å². The highest BCUT2D eigenvalue weighted by Crippen LogP contribution is 2.05. The van der Waals surface area contributed by atoms with Crippen LogP contribution in [-0.4, -0.2) is 63.9 Å². The minimum Gasteiger partial charge on any atom is -0.480 e. The second kappa shape index (κ2) is 9.72. The molecule has 0 radical (unpaired) electrons. The summed E-state index contributed by atoms with van der Waals surface area (Å²) in [5.41, 5.74) is 6.05. The van der Waals surface area contributed by atoms with Crippen LogP contribution in [0.15, 0.2) is 30.3 Å². The van der Waals surface area contributed by atoms with Crippen LogP contribution in [0.25, 0.3) is 0 Å². The molecule has 1 aromatic carbocycles. The summed E-state index contributed by atoms with van der Waals surface area (Å²) in [7, 11) is 0. The zero-order chi connectivity index (χ0) is 19.0. The molecule has 0 heterocycles. The topological polar surface area (TPSA) is 162 Å². The van der Waals surface area contributed by atoms with E-state index in [9.17, 15) is 24.6 Å². The van der Waals surface area contributed by atoms with E-state index in [2.05, 4.69) is 10.6 Å². The molecule has 0 aromatic heterocycles. The van der Waals surface area contributed by atoms with Gasteiger partial charge in [0.2, 0.25) is 11.8 Å². The van der Waals surface area contributed by atoms with Crippen LogP contribution in [-0.2, 0) is 20.8 Å². The molecule has 1 rings (SSSR count). The van der Waals surface area contributed by atoms with Crippen molar-refractivity contribution in [2.45, 2.75) is 37.6 Å². The van der Waals surface area contributed by atoms with Crippen LogP contribution in [0.4, 0.5) is 0 Å². The summed E-state index contributed by atoms with van der Waals surface area (Å²) in [6.07, 6.45) is -1.25. The Morgan fingerprint density at radius 3 is 2.20 bits per heavy atom. The maximum atomic E-state index is 12.3. The number of aliphatic carboxylic acids is 1. The highest BCUT2D eigenvalue weighted by atomic mass is 16.4. The normalized spacial score (nSPS) is 15.5. The zero-order valence-corrected chi connectivity index (χ0v) is 13.8. The van der Waals surface area contributed by atoms with Crippen LogP contribution in [0.1, 0.15) is 12.5 Å². The molecule has 0 fully saturated rings. The average Bonchev–Trinajstić information content (AvgIpc) is 2.58. The highest BCUT2D eigenvalue weighted by Gasteiger charge is 2.30. The third kappa shape index (κ3) is 6.49. The molecule has 0 bridgehead atoms. The lowest BCUT2D eigenvalue weighted by Crippen LogP contribution is -2.58. The number of hydrogen-bond donors (Lipinski definition) is 6. The molecular weight excluding hydrogens is 330 g/mol. The first-order chi connectivity index (χ1) is 11.8. The number of carboxylic acid groups (broad SMARTS) is 1. The summed E-state index contributed by atoms with van der Waals surface area (Å²) in [6.45, 7) is 0.633. The van der Waals surface area contributed by atoms with Crippen molar-refractivity contribution in [3.05, 3.63) is 35.9 Å². The van der Waals surface area contributed by atoms with E-state index in [-0.39, 0.29) is 6.42 Å². The van der Waals surface area contributed by atoms with E-state index < -0.39 is 48.6 Å². The number of carboxylic acids is 1. The number of nitrogens with two attached hydrogens (primary N) is 1. The van der Waals surface area contributed by atoms with E-state index >= 15 is 0 Å². The van der Waals surface area contributed by atoms with Crippen LogP contribution in [0.3, 0.4) is 0 Å². The fourth-order valence-electron chi connectivity index (χ4n) is 2.06. The number of benzene rings is 1. The lowest BCUT2D eigenvalue weighted by molar-refractivity contribution is -0.142. The van der Waals surface area contributed by atoms with Gasteiger partial charge < -0.3 is 31.7 Å². The quantitative estimate of drug-likeness (QED) is 0.299. The first-order valence-corrected chi connectivity index (χ1v) is 7.68. The summed E-state index contributed by atoms with van der Waals surface area (Å²) in [5, 5.41) is 32.3. The van der Waals surface area contributed by atoms with Gasteiger partial charge in [0.15, 0.2) is 0 Å². The van der Waals surface area contributed by atoms with Crippen LogP contribution < -0.4 is 16.4 Å². The second-order valence-electron chi connectivity index (χ2n) is 5.61. The molecule has 0 aliphatic heterocycles. The first-order valence-electron chi connectivity index (χ1n) is 7.68. The standard InChI is InChI=1S/C16H23N3O6/c1-9(21)13(19-14(22)11(17)8-20)15(23)18-12(16(24)25)7-10-5-3-2-4-6-10/h2-6,9,11-13,20-21H,7-8,17H2,1H3,(H,18,23)(H,19,22)(H,24,25). The van der Waals surface area contributed by atoms with Gasteiger partial charge in [-0.1, -0.05) is 30.3 Å². The molecule has 9 nitrogen and oxygen atoms in total. The minimum atomic E-state index is -1.40. The van der Waals surface area contributed by atoms with Gasteiger partial charge in [-0.2, -0.15) is 0 Å². The number of carbonyl (C=O) groups excluding carboxylic acids is 2. The third-order valence-electron chi connectivity index (χ3n) is 3.49. The van der Waals surface area contributed by atoms with E-state index in [4.69, 9.17) is 10.8 Å². The predicted molar refractivity (Wildman–Crippen MR) is 88.4 cm³/mol. The summed E-state index contributed by atoms with van der Waals surface area (Å²) in [4.78, 5) is 35.4. The monoisotopic (exact) mass is 353 g/mol. The Labute approximate surface area is 144 Å². The van der Waals surface area contributed by atoms with Gasteiger partial charge in [0.25, 0.3) is 0 Å². The Morgan fingerprint density at radius 1 is 1.12 bits per heavy atom. The van der Waals surface area contributed by atoms with Crippen LogP contribution in [0.2, 0.25) is 0 Å². The number of nitrogens with one attached hydrogen (secondary N) is 2. The van der Waals surface area contributed by atoms with Gasteiger partial charge in [0, 0.05) is 6.42 Å². The molecule has 0 spiro atoms. The van der Waals surface area contributed by atoms with Crippen molar-refractivity contribution < 1.29 is 29.7 Å². The number of rotatable bonds is 9. The van der Waals surface area contributed by atoms with Gasteiger partial charge in [-0.25, -0.2) is 4.79 Å². The van der Waals surface area contributed by atoms with E-state index in [1.165, 1.54) is 6.92 Å². The third-order valence-corrected chi connectivity index (χ3v) is 3.49. The number of carbonyl (C=O) groups is 3. The van der Waals surface area contributed by atoms with Gasteiger partial charge in [0.1, 0.15) is 18.1 Å². The Balaban J connectivity index is 2.81. The van der Waals surface area contributed by atoms with Crippen LogP contribution >= 0.6 is 0 Å². The molecule has 2 amide bonds. The van der Waals surface area contributed by atoms with Crippen LogP contribution in [0.5, 0.6) is 0 Å². The smallest absolute Gasteiger partial charge is 0.326 e. The van der Waals surface area contributed by atoms with Crippen molar-refractivity contribution in [2.24, 2.45) is 5.73 Å². The average molecular weight is 353 g/mol. The highest BCUT2D eigenvalue weighted by molar-refractivity contribution is 5.92. The zero-order valence-electron chi connectivity index (χ0n) is 13.8. The number of amides is 2. The Hall–Kier alpha value is -2.49. The number of hydrogen-bond acceptors (Lipinski definition) is 6. The summed E-state index contributed by atoms with van der Waals surface area (Å²) in [6, 6.07) is 4.81. The van der Waals surface area contributed by atoms with Gasteiger partial charge in [-0.15, -0.1) is 0 Å². The lowest BCUT2D eigenvalue weighted by Gasteiger charge is -2.24. The first kappa shape index (κ1) is 20.6. The fraction of sp³-hybridized carbons (Fsp3) is 0.438. The molecule has 0 aliphatic carbocycles. The molecule has 4 unspecified atom stereocenters.